The van der Waals surface area contributed by atoms with Gasteiger partial charge in [-0.05, 0) is 38.8 Å². The fraction of sp³-hybridized carbons (Fsp3) is 0.562. The van der Waals surface area contributed by atoms with Crippen molar-refractivity contribution in [3.63, 3.8) is 0 Å². The molecule has 2 heteroatoms. The Morgan fingerprint density at radius 2 is 1.61 bits per heavy atom. The molecule has 2 nitrogen and oxygen atoms in total. The van der Waals surface area contributed by atoms with Gasteiger partial charge in [0.25, 0.3) is 0 Å². The van der Waals surface area contributed by atoms with Crippen molar-refractivity contribution in [3.8, 4) is 0 Å². The number of hydrogen-bond donors (Lipinski definition) is 1. The molecule has 1 rings (SSSR count). The Kier molecular flexibility index (Phi) is 6.66. The molecule has 0 spiro atoms. The zero-order valence-electron chi connectivity index (χ0n) is 11.7. The summed E-state index contributed by atoms with van der Waals surface area (Å²) >= 11 is 0. The van der Waals surface area contributed by atoms with Crippen molar-refractivity contribution >= 4 is 5.78 Å². The Labute approximate surface area is 111 Å². The van der Waals surface area contributed by atoms with Gasteiger partial charge in [-0.3, -0.25) is 4.79 Å². The minimum atomic E-state index is 0.354. The summed E-state index contributed by atoms with van der Waals surface area (Å²) in [6, 6.07) is 6.36. The zero-order chi connectivity index (χ0) is 13.4. The Morgan fingerprint density at radius 3 is 2.22 bits per heavy atom. The first kappa shape index (κ1) is 14.9. The molecule has 1 aromatic carbocycles. The van der Waals surface area contributed by atoms with Crippen LogP contribution in [0, 0.1) is 13.8 Å². The number of aryl methyl sites for hydroxylation is 2. The molecule has 0 bridgehead atoms. The van der Waals surface area contributed by atoms with Gasteiger partial charge in [-0.2, -0.15) is 0 Å². The third kappa shape index (κ3) is 5.97. The third-order valence-corrected chi connectivity index (χ3v) is 3.09. The standard InChI is InChI=1S/C16H25NO/c1-13-9-14(2)11-15(10-13)12-16(18)7-5-3-4-6-8-17/h9-11H,3-8,12,17H2,1-2H3. The van der Waals surface area contributed by atoms with Gasteiger partial charge in [-0.1, -0.05) is 42.2 Å². The number of hydrogen-bond acceptors (Lipinski definition) is 2. The summed E-state index contributed by atoms with van der Waals surface area (Å²) in [5.74, 6) is 0.354. The van der Waals surface area contributed by atoms with Crippen molar-refractivity contribution in [1.82, 2.24) is 0 Å². The van der Waals surface area contributed by atoms with Gasteiger partial charge in [0, 0.05) is 12.8 Å². The number of benzene rings is 1. The summed E-state index contributed by atoms with van der Waals surface area (Å²) in [6.07, 6.45) is 5.63. The zero-order valence-corrected chi connectivity index (χ0v) is 11.7. The molecular weight excluding hydrogens is 222 g/mol. The van der Waals surface area contributed by atoms with E-state index in [1.165, 1.54) is 11.1 Å². The molecule has 0 heterocycles. The molecule has 0 aromatic heterocycles. The second-order valence-electron chi connectivity index (χ2n) is 5.16. The van der Waals surface area contributed by atoms with Gasteiger partial charge >= 0.3 is 0 Å². The Hall–Kier alpha value is -1.15. The van der Waals surface area contributed by atoms with Gasteiger partial charge in [0.2, 0.25) is 0 Å². The van der Waals surface area contributed by atoms with Gasteiger partial charge in [0.15, 0.2) is 0 Å². The first-order chi connectivity index (χ1) is 8.61. The largest absolute Gasteiger partial charge is 0.330 e. The van der Waals surface area contributed by atoms with Crippen molar-refractivity contribution < 1.29 is 4.79 Å². The smallest absolute Gasteiger partial charge is 0.137 e. The van der Waals surface area contributed by atoms with Crippen LogP contribution in [0.4, 0.5) is 0 Å². The van der Waals surface area contributed by atoms with Gasteiger partial charge in [0.05, 0.1) is 0 Å². The van der Waals surface area contributed by atoms with Crippen LogP contribution < -0.4 is 5.73 Å². The fourth-order valence-electron chi connectivity index (χ4n) is 2.31. The Bertz CT molecular complexity index is 364. The highest BCUT2D eigenvalue weighted by molar-refractivity contribution is 5.80. The molecule has 100 valence electrons. The van der Waals surface area contributed by atoms with Crippen LogP contribution in [-0.4, -0.2) is 12.3 Å². The van der Waals surface area contributed by atoms with Crippen LogP contribution in [0.15, 0.2) is 18.2 Å². The number of unbranched alkanes of at least 4 members (excludes halogenated alkanes) is 3. The summed E-state index contributed by atoms with van der Waals surface area (Å²) in [5.41, 5.74) is 9.06. The topological polar surface area (TPSA) is 43.1 Å². The second-order valence-corrected chi connectivity index (χ2v) is 5.16. The molecule has 0 atom stereocenters. The highest BCUT2D eigenvalue weighted by Crippen LogP contribution is 2.11. The minimum Gasteiger partial charge on any atom is -0.330 e. The number of ketones is 1. The van der Waals surface area contributed by atoms with E-state index in [4.69, 9.17) is 5.73 Å². The molecule has 0 unspecified atom stereocenters. The van der Waals surface area contributed by atoms with Crippen molar-refractivity contribution in [2.24, 2.45) is 5.73 Å². The highest BCUT2D eigenvalue weighted by Gasteiger charge is 2.04. The van der Waals surface area contributed by atoms with E-state index >= 15 is 0 Å². The number of carbonyl (C=O) groups is 1. The van der Waals surface area contributed by atoms with Crippen LogP contribution >= 0.6 is 0 Å². The first-order valence-corrected chi connectivity index (χ1v) is 6.91. The van der Waals surface area contributed by atoms with Crippen molar-refractivity contribution in [2.45, 2.75) is 52.4 Å². The minimum absolute atomic E-state index is 0.354. The quantitative estimate of drug-likeness (QED) is 0.716. The number of Topliss-reactive ketones (excluding diaryl/α,β-unsaturated/α-hetero) is 1. The van der Waals surface area contributed by atoms with Gasteiger partial charge in [-0.25, -0.2) is 0 Å². The molecule has 0 saturated heterocycles. The van der Waals surface area contributed by atoms with E-state index in [1.54, 1.807) is 0 Å². The lowest BCUT2D eigenvalue weighted by atomic mass is 10.0. The van der Waals surface area contributed by atoms with Crippen LogP contribution in [-0.2, 0) is 11.2 Å². The van der Waals surface area contributed by atoms with Crippen LogP contribution in [0.5, 0.6) is 0 Å². The normalized spacial score (nSPS) is 10.6. The lowest BCUT2D eigenvalue weighted by Crippen LogP contribution is -2.03. The second kappa shape index (κ2) is 8.04. The molecule has 0 amide bonds. The maximum absolute atomic E-state index is 11.8. The summed E-state index contributed by atoms with van der Waals surface area (Å²) in [5, 5.41) is 0. The Balaban J connectivity index is 2.31. The molecule has 0 aliphatic heterocycles. The number of nitrogens with two attached hydrogens (primary N) is 1. The van der Waals surface area contributed by atoms with E-state index in [9.17, 15) is 4.79 Å². The molecule has 0 aliphatic rings. The molecule has 2 N–H and O–H groups in total. The number of carbonyl (C=O) groups excluding carboxylic acids is 1. The van der Waals surface area contributed by atoms with Crippen molar-refractivity contribution in [2.75, 3.05) is 6.54 Å². The van der Waals surface area contributed by atoms with E-state index in [1.807, 2.05) is 0 Å². The summed E-state index contributed by atoms with van der Waals surface area (Å²) in [7, 11) is 0. The van der Waals surface area contributed by atoms with Crippen molar-refractivity contribution in [1.29, 1.82) is 0 Å². The SMILES string of the molecule is Cc1cc(C)cc(CC(=O)CCCCCCN)c1. The van der Waals surface area contributed by atoms with Crippen LogP contribution in [0.25, 0.3) is 0 Å². The molecule has 0 fully saturated rings. The summed E-state index contributed by atoms with van der Waals surface area (Å²) < 4.78 is 0. The first-order valence-electron chi connectivity index (χ1n) is 6.91. The van der Waals surface area contributed by atoms with Gasteiger partial charge in [-0.15, -0.1) is 0 Å². The van der Waals surface area contributed by atoms with Crippen LogP contribution in [0.3, 0.4) is 0 Å². The maximum atomic E-state index is 11.8. The molecule has 18 heavy (non-hydrogen) atoms. The van der Waals surface area contributed by atoms with E-state index < -0.39 is 0 Å². The van der Waals surface area contributed by atoms with Crippen LogP contribution in [0.1, 0.15) is 48.8 Å². The number of rotatable bonds is 8. The molecule has 0 radical (unpaired) electrons. The predicted molar refractivity (Wildman–Crippen MR) is 76.8 cm³/mol. The maximum Gasteiger partial charge on any atom is 0.137 e. The average molecular weight is 247 g/mol. The third-order valence-electron chi connectivity index (χ3n) is 3.09. The van der Waals surface area contributed by atoms with E-state index in [-0.39, 0.29) is 0 Å². The lowest BCUT2D eigenvalue weighted by molar-refractivity contribution is -0.118. The van der Waals surface area contributed by atoms with E-state index in [0.717, 1.165) is 37.8 Å². The molecule has 0 aliphatic carbocycles. The van der Waals surface area contributed by atoms with Crippen LogP contribution in [0.2, 0.25) is 0 Å². The molecule has 0 saturated carbocycles. The predicted octanol–water partition coefficient (Wildman–Crippen LogP) is 3.32. The van der Waals surface area contributed by atoms with E-state index in [0.29, 0.717) is 18.6 Å². The monoisotopic (exact) mass is 247 g/mol. The fourth-order valence-corrected chi connectivity index (χ4v) is 2.31. The Morgan fingerprint density at radius 1 is 1.00 bits per heavy atom. The molecular formula is C16H25NO. The summed E-state index contributed by atoms with van der Waals surface area (Å²) in [4.78, 5) is 11.8. The highest BCUT2D eigenvalue weighted by atomic mass is 16.1. The molecule has 1 aromatic rings. The summed E-state index contributed by atoms with van der Waals surface area (Å²) in [6.45, 7) is 4.91. The van der Waals surface area contributed by atoms with Gasteiger partial charge in [0.1, 0.15) is 5.78 Å². The van der Waals surface area contributed by atoms with Crippen molar-refractivity contribution in [3.05, 3.63) is 34.9 Å². The van der Waals surface area contributed by atoms with E-state index in [2.05, 4.69) is 32.0 Å². The van der Waals surface area contributed by atoms with Gasteiger partial charge < -0.3 is 5.73 Å². The average Bonchev–Trinajstić information content (AvgIpc) is 2.27. The lowest BCUT2D eigenvalue weighted by Gasteiger charge is -2.05.